The molecule has 6 nitrogen and oxygen atoms in total. The molecule has 1 N–H and O–H groups in total. The quantitative estimate of drug-likeness (QED) is 0.850. The minimum atomic E-state index is -0.334. The van der Waals surface area contributed by atoms with E-state index in [1.54, 1.807) is 25.5 Å². The van der Waals surface area contributed by atoms with Crippen LogP contribution in [-0.2, 0) is 20.6 Å². The van der Waals surface area contributed by atoms with Crippen LogP contribution in [0.3, 0.4) is 0 Å². The summed E-state index contributed by atoms with van der Waals surface area (Å²) in [4.78, 5) is 27.5. The van der Waals surface area contributed by atoms with Crippen molar-refractivity contribution in [1.29, 1.82) is 0 Å². The second-order valence-electron chi connectivity index (χ2n) is 4.14. The Labute approximate surface area is 117 Å². The van der Waals surface area contributed by atoms with Gasteiger partial charge in [0.1, 0.15) is 4.60 Å². The number of nitrogens with zero attached hydrogens (tertiary/aromatic N) is 3. The van der Waals surface area contributed by atoms with Gasteiger partial charge in [-0.25, -0.2) is 9.78 Å². The second kappa shape index (κ2) is 5.40. The highest BCUT2D eigenvalue weighted by molar-refractivity contribution is 9.10. The molecule has 100 valence electrons. The zero-order valence-electron chi connectivity index (χ0n) is 10.6. The van der Waals surface area contributed by atoms with Gasteiger partial charge in [-0.3, -0.25) is 9.36 Å². The van der Waals surface area contributed by atoms with Crippen LogP contribution in [0.1, 0.15) is 5.56 Å². The van der Waals surface area contributed by atoms with Gasteiger partial charge in [-0.05, 0) is 28.1 Å². The number of pyridine rings is 1. The minimum absolute atomic E-state index is 0.291. The van der Waals surface area contributed by atoms with Crippen LogP contribution < -0.4 is 16.6 Å². The lowest BCUT2D eigenvalue weighted by atomic mass is 10.3. The highest BCUT2D eigenvalue weighted by Crippen LogP contribution is 2.10. The minimum Gasteiger partial charge on any atom is -0.379 e. The zero-order chi connectivity index (χ0) is 14.0. The summed E-state index contributed by atoms with van der Waals surface area (Å²) in [7, 11) is 3.09. The first-order valence-electron chi connectivity index (χ1n) is 5.60. The van der Waals surface area contributed by atoms with Crippen molar-refractivity contribution in [3.05, 3.63) is 55.5 Å². The Kier molecular flexibility index (Phi) is 3.84. The summed E-state index contributed by atoms with van der Waals surface area (Å²) in [6, 6.07) is 3.66. The number of aromatic nitrogens is 3. The molecule has 0 aliphatic heterocycles. The van der Waals surface area contributed by atoms with E-state index in [1.165, 1.54) is 11.6 Å². The fourth-order valence-electron chi connectivity index (χ4n) is 1.68. The monoisotopic (exact) mass is 324 g/mol. The average molecular weight is 325 g/mol. The Hall–Kier alpha value is -1.89. The van der Waals surface area contributed by atoms with Gasteiger partial charge in [-0.2, -0.15) is 0 Å². The normalized spacial score (nSPS) is 10.5. The molecule has 2 aromatic rings. The number of hydrogen-bond acceptors (Lipinski definition) is 4. The smallest absolute Gasteiger partial charge is 0.330 e. The molecule has 2 rings (SSSR count). The lowest BCUT2D eigenvalue weighted by Crippen LogP contribution is -2.38. The maximum absolute atomic E-state index is 11.9. The lowest BCUT2D eigenvalue weighted by molar-refractivity contribution is 0.671. The first-order valence-corrected chi connectivity index (χ1v) is 6.39. The van der Waals surface area contributed by atoms with Crippen molar-refractivity contribution in [3.63, 3.8) is 0 Å². The van der Waals surface area contributed by atoms with Gasteiger partial charge in [-0.15, -0.1) is 0 Å². The molecule has 0 saturated carbocycles. The molecule has 0 unspecified atom stereocenters. The van der Waals surface area contributed by atoms with E-state index < -0.39 is 0 Å². The standard InChI is InChI=1S/C12H13BrN4O2/c1-16-7-8(11(18)17(2)12(16)19)5-14-9-3-4-10(13)15-6-9/h3-4,6-7,14H,5H2,1-2H3. The van der Waals surface area contributed by atoms with Crippen LogP contribution in [0.4, 0.5) is 5.69 Å². The Bertz CT molecular complexity index is 703. The maximum atomic E-state index is 11.9. The van der Waals surface area contributed by atoms with Crippen molar-refractivity contribution in [3.8, 4) is 0 Å². The van der Waals surface area contributed by atoms with Crippen LogP contribution in [0.5, 0.6) is 0 Å². The molecule has 0 spiro atoms. The Morgan fingerprint density at radius 2 is 2.05 bits per heavy atom. The molecule has 0 fully saturated rings. The number of anilines is 1. The van der Waals surface area contributed by atoms with E-state index in [2.05, 4.69) is 26.2 Å². The first kappa shape index (κ1) is 13.5. The molecule has 0 aromatic carbocycles. The van der Waals surface area contributed by atoms with E-state index in [4.69, 9.17) is 0 Å². The van der Waals surface area contributed by atoms with Crippen molar-refractivity contribution in [2.45, 2.75) is 6.54 Å². The van der Waals surface area contributed by atoms with E-state index in [-0.39, 0.29) is 11.2 Å². The fraction of sp³-hybridized carbons (Fsp3) is 0.250. The summed E-state index contributed by atoms with van der Waals surface area (Å²) < 4.78 is 3.23. The number of nitrogens with one attached hydrogen (secondary N) is 1. The van der Waals surface area contributed by atoms with E-state index >= 15 is 0 Å². The number of rotatable bonds is 3. The van der Waals surface area contributed by atoms with Gasteiger partial charge in [0.2, 0.25) is 0 Å². The number of hydrogen-bond donors (Lipinski definition) is 1. The predicted octanol–water partition coefficient (Wildman–Crippen LogP) is 0.854. The third-order valence-corrected chi connectivity index (χ3v) is 3.20. The summed E-state index contributed by atoms with van der Waals surface area (Å²) in [6.07, 6.45) is 3.21. The first-order chi connectivity index (χ1) is 8.99. The summed E-state index contributed by atoms with van der Waals surface area (Å²) in [5.41, 5.74) is 0.700. The number of aryl methyl sites for hydroxylation is 1. The maximum Gasteiger partial charge on any atom is 0.330 e. The number of halogens is 1. The molecular formula is C12H13BrN4O2. The molecule has 0 radical (unpaired) electrons. The molecule has 19 heavy (non-hydrogen) atoms. The summed E-state index contributed by atoms with van der Waals surface area (Å²) >= 11 is 3.25. The van der Waals surface area contributed by atoms with Crippen molar-refractivity contribution >= 4 is 21.6 Å². The van der Waals surface area contributed by atoms with Crippen LogP contribution in [-0.4, -0.2) is 14.1 Å². The summed E-state index contributed by atoms with van der Waals surface area (Å²) in [5, 5.41) is 3.09. The molecule has 2 heterocycles. The van der Waals surface area contributed by atoms with E-state index in [0.717, 1.165) is 14.9 Å². The molecule has 0 amide bonds. The van der Waals surface area contributed by atoms with E-state index in [1.807, 2.05) is 6.07 Å². The van der Waals surface area contributed by atoms with Crippen LogP contribution in [0.15, 0.2) is 38.7 Å². The van der Waals surface area contributed by atoms with Crippen molar-refractivity contribution in [2.24, 2.45) is 14.1 Å². The molecule has 0 saturated heterocycles. The predicted molar refractivity (Wildman–Crippen MR) is 76.2 cm³/mol. The molecule has 0 atom stereocenters. The lowest BCUT2D eigenvalue weighted by Gasteiger charge is -2.08. The Balaban J connectivity index is 2.23. The fourth-order valence-corrected chi connectivity index (χ4v) is 1.92. The van der Waals surface area contributed by atoms with Gasteiger partial charge in [-0.1, -0.05) is 0 Å². The van der Waals surface area contributed by atoms with E-state index in [0.29, 0.717) is 12.1 Å². The van der Waals surface area contributed by atoms with Crippen LogP contribution in [0, 0.1) is 0 Å². The molecule has 7 heteroatoms. The van der Waals surface area contributed by atoms with Crippen molar-refractivity contribution in [1.82, 2.24) is 14.1 Å². The molecule has 0 aliphatic rings. The van der Waals surface area contributed by atoms with Crippen molar-refractivity contribution < 1.29 is 0 Å². The van der Waals surface area contributed by atoms with Gasteiger partial charge in [0.05, 0.1) is 17.4 Å². The van der Waals surface area contributed by atoms with Gasteiger partial charge in [0.15, 0.2) is 0 Å². The van der Waals surface area contributed by atoms with Gasteiger partial charge < -0.3 is 9.88 Å². The molecular weight excluding hydrogens is 312 g/mol. The second-order valence-corrected chi connectivity index (χ2v) is 4.95. The van der Waals surface area contributed by atoms with Crippen LogP contribution >= 0.6 is 15.9 Å². The molecule has 2 aromatic heterocycles. The highest BCUT2D eigenvalue weighted by Gasteiger charge is 2.06. The van der Waals surface area contributed by atoms with Crippen LogP contribution in [0.2, 0.25) is 0 Å². The zero-order valence-corrected chi connectivity index (χ0v) is 12.1. The third kappa shape index (κ3) is 2.93. The van der Waals surface area contributed by atoms with Crippen LogP contribution in [0.25, 0.3) is 0 Å². The van der Waals surface area contributed by atoms with E-state index in [9.17, 15) is 9.59 Å². The van der Waals surface area contributed by atoms with Gasteiger partial charge in [0.25, 0.3) is 5.56 Å². The highest BCUT2D eigenvalue weighted by atomic mass is 79.9. The largest absolute Gasteiger partial charge is 0.379 e. The summed E-state index contributed by atoms with van der Waals surface area (Å²) in [6.45, 7) is 0.337. The van der Waals surface area contributed by atoms with Gasteiger partial charge in [0, 0.05) is 26.8 Å². The van der Waals surface area contributed by atoms with Gasteiger partial charge >= 0.3 is 5.69 Å². The average Bonchev–Trinajstić information content (AvgIpc) is 2.41. The Morgan fingerprint density at radius 1 is 1.32 bits per heavy atom. The summed E-state index contributed by atoms with van der Waals surface area (Å²) in [5.74, 6) is 0. The molecule has 0 aliphatic carbocycles. The molecule has 0 bridgehead atoms. The topological polar surface area (TPSA) is 68.9 Å². The van der Waals surface area contributed by atoms with Crippen molar-refractivity contribution in [2.75, 3.05) is 5.32 Å². The Morgan fingerprint density at radius 3 is 2.68 bits per heavy atom. The third-order valence-electron chi connectivity index (χ3n) is 2.73. The SMILES string of the molecule is Cn1cc(CNc2ccc(Br)nc2)c(=O)n(C)c1=O.